The highest BCUT2D eigenvalue weighted by molar-refractivity contribution is 7.92. The van der Waals surface area contributed by atoms with E-state index in [0.29, 0.717) is 22.1 Å². The highest BCUT2D eigenvalue weighted by atomic mass is 32.2. The number of esters is 1. The summed E-state index contributed by atoms with van der Waals surface area (Å²) in [4.78, 5) is 24.8. The Morgan fingerprint density at radius 2 is 1.70 bits per heavy atom. The van der Waals surface area contributed by atoms with Crippen LogP contribution in [0.15, 0.2) is 65.1 Å². The molecule has 0 saturated carbocycles. The van der Waals surface area contributed by atoms with Crippen molar-refractivity contribution in [1.82, 2.24) is 5.32 Å². The van der Waals surface area contributed by atoms with E-state index in [4.69, 9.17) is 13.9 Å². The number of fused-ring (bicyclic) bond motifs is 1. The molecule has 0 atom stereocenters. The van der Waals surface area contributed by atoms with Crippen LogP contribution < -0.4 is 14.4 Å². The van der Waals surface area contributed by atoms with Crippen molar-refractivity contribution >= 4 is 38.6 Å². The van der Waals surface area contributed by atoms with Gasteiger partial charge in [0.05, 0.1) is 42.8 Å². The molecule has 9 nitrogen and oxygen atoms in total. The number of methoxy groups -OCH3 is 1. The second-order valence-corrected chi connectivity index (χ2v) is 11.2. The molecule has 0 aliphatic rings. The number of halogens is 1. The lowest BCUT2D eigenvalue weighted by Crippen LogP contribution is -2.30. The van der Waals surface area contributed by atoms with Crippen LogP contribution in [0.3, 0.4) is 0 Å². The van der Waals surface area contributed by atoms with Crippen LogP contribution in [0.4, 0.5) is 10.1 Å². The van der Waals surface area contributed by atoms with Gasteiger partial charge in [-0.1, -0.05) is 12.1 Å². The first kappa shape index (κ1) is 28.6. The summed E-state index contributed by atoms with van der Waals surface area (Å²) in [6, 6.07) is 14.9. The van der Waals surface area contributed by atoms with Gasteiger partial charge in [0.2, 0.25) is 10.0 Å². The number of ether oxygens (including phenoxy) is 2. The third-order valence-electron chi connectivity index (χ3n) is 6.06. The van der Waals surface area contributed by atoms with E-state index in [1.54, 1.807) is 44.2 Å². The molecule has 0 bridgehead atoms. The van der Waals surface area contributed by atoms with Crippen LogP contribution in [0.1, 0.15) is 40.1 Å². The first-order valence-electron chi connectivity index (χ1n) is 12.3. The Hall–Kier alpha value is -4.38. The minimum atomic E-state index is -3.86. The molecule has 0 fully saturated rings. The number of benzene rings is 3. The van der Waals surface area contributed by atoms with Crippen molar-refractivity contribution in [3.05, 3.63) is 83.2 Å². The van der Waals surface area contributed by atoms with Gasteiger partial charge in [0, 0.05) is 24.1 Å². The zero-order valence-corrected chi connectivity index (χ0v) is 23.5. The lowest BCUT2D eigenvalue weighted by molar-refractivity contribution is 0.0600. The van der Waals surface area contributed by atoms with Crippen LogP contribution in [-0.2, 0) is 21.3 Å². The largest absolute Gasteiger partial charge is 0.489 e. The molecular formula is C29H29FN2O7S. The molecule has 1 aromatic heterocycles. The maximum atomic E-state index is 13.6. The average Bonchev–Trinajstić information content (AvgIpc) is 3.28. The number of hydrogen-bond acceptors (Lipinski definition) is 7. The minimum Gasteiger partial charge on any atom is -0.489 e. The molecule has 1 N–H and O–H groups in total. The van der Waals surface area contributed by atoms with Crippen molar-refractivity contribution in [3.8, 4) is 17.1 Å². The van der Waals surface area contributed by atoms with Gasteiger partial charge >= 0.3 is 5.97 Å². The number of furan rings is 1. The van der Waals surface area contributed by atoms with Gasteiger partial charge in [0.1, 0.15) is 22.9 Å². The summed E-state index contributed by atoms with van der Waals surface area (Å²) >= 11 is 0. The molecule has 0 unspecified atom stereocenters. The fourth-order valence-electron chi connectivity index (χ4n) is 4.22. The Morgan fingerprint density at radius 3 is 2.25 bits per heavy atom. The maximum absolute atomic E-state index is 13.6. The molecule has 0 saturated heterocycles. The van der Waals surface area contributed by atoms with Crippen LogP contribution in [0.25, 0.3) is 22.3 Å². The highest BCUT2D eigenvalue weighted by Gasteiger charge is 2.28. The number of anilines is 1. The van der Waals surface area contributed by atoms with E-state index < -0.39 is 27.7 Å². The second-order valence-electron chi connectivity index (χ2n) is 9.33. The zero-order chi connectivity index (χ0) is 29.2. The topological polar surface area (TPSA) is 115 Å². The Morgan fingerprint density at radius 1 is 1.05 bits per heavy atom. The third kappa shape index (κ3) is 5.94. The Kier molecular flexibility index (Phi) is 8.15. The molecule has 1 heterocycles. The Balaban J connectivity index is 1.91. The first-order chi connectivity index (χ1) is 18.9. The number of carbonyl (C=O) groups excluding carboxylic acids is 2. The molecule has 3 aromatic carbocycles. The second kappa shape index (κ2) is 11.4. The summed E-state index contributed by atoms with van der Waals surface area (Å²) in [5, 5.41) is 3.00. The molecule has 4 rings (SSSR count). The van der Waals surface area contributed by atoms with E-state index in [9.17, 15) is 22.4 Å². The van der Waals surface area contributed by atoms with Crippen molar-refractivity contribution in [2.24, 2.45) is 0 Å². The van der Waals surface area contributed by atoms with E-state index in [1.807, 2.05) is 0 Å². The molecule has 4 aromatic rings. The predicted molar refractivity (Wildman–Crippen MR) is 150 cm³/mol. The lowest BCUT2D eigenvalue weighted by atomic mass is 10.0. The molecule has 40 heavy (non-hydrogen) atoms. The lowest BCUT2D eigenvalue weighted by Gasteiger charge is -2.26. The van der Waals surface area contributed by atoms with E-state index in [2.05, 4.69) is 5.32 Å². The average molecular weight is 569 g/mol. The Bertz CT molecular complexity index is 1660. The standard InChI is InChI=1S/C29H29FN2O7S/c1-17(2)38-25-14-22-24(39-27(26(22)28(33)31-3)19-10-12-21(30)13-11-19)15-23(25)32(40(5,35)36)16-18-6-8-20(9-7-18)29(34)37-4/h6-15,17H,16H2,1-5H3,(H,31,33). The first-order valence-corrected chi connectivity index (χ1v) is 14.2. The number of nitrogens with one attached hydrogen (secondary N) is 1. The smallest absolute Gasteiger partial charge is 0.337 e. The summed E-state index contributed by atoms with van der Waals surface area (Å²) in [5.74, 6) is -0.972. The zero-order valence-electron chi connectivity index (χ0n) is 22.6. The van der Waals surface area contributed by atoms with Gasteiger partial charge in [-0.25, -0.2) is 17.6 Å². The number of rotatable bonds is 9. The van der Waals surface area contributed by atoms with E-state index in [1.165, 1.54) is 44.5 Å². The molecule has 210 valence electrons. The quantitative estimate of drug-likeness (QED) is 0.278. The predicted octanol–water partition coefficient (Wildman–Crippen LogP) is 5.14. The van der Waals surface area contributed by atoms with Crippen molar-refractivity contribution in [2.75, 3.05) is 24.7 Å². The van der Waals surface area contributed by atoms with Gasteiger partial charge < -0.3 is 19.2 Å². The van der Waals surface area contributed by atoms with E-state index >= 15 is 0 Å². The Labute approximate surface area is 231 Å². The van der Waals surface area contributed by atoms with Crippen molar-refractivity contribution in [1.29, 1.82) is 0 Å². The summed E-state index contributed by atoms with van der Waals surface area (Å²) in [7, 11) is -1.10. The van der Waals surface area contributed by atoms with Crippen LogP contribution in [0.5, 0.6) is 5.75 Å². The van der Waals surface area contributed by atoms with Crippen LogP contribution in [0, 0.1) is 5.82 Å². The summed E-state index contributed by atoms with van der Waals surface area (Å²) in [6.45, 7) is 3.51. The van der Waals surface area contributed by atoms with Crippen molar-refractivity contribution < 1.29 is 36.3 Å². The fourth-order valence-corrected chi connectivity index (χ4v) is 5.11. The van der Waals surface area contributed by atoms with Crippen LogP contribution in [0.2, 0.25) is 0 Å². The van der Waals surface area contributed by atoms with Gasteiger partial charge in [0.25, 0.3) is 5.91 Å². The van der Waals surface area contributed by atoms with Crippen LogP contribution in [-0.4, -0.2) is 46.8 Å². The molecular weight excluding hydrogens is 539 g/mol. The number of hydrogen-bond donors (Lipinski definition) is 1. The molecule has 0 spiro atoms. The van der Waals surface area contributed by atoms with Crippen molar-refractivity contribution in [3.63, 3.8) is 0 Å². The third-order valence-corrected chi connectivity index (χ3v) is 7.19. The maximum Gasteiger partial charge on any atom is 0.337 e. The molecule has 0 radical (unpaired) electrons. The molecule has 11 heteroatoms. The van der Waals surface area contributed by atoms with Crippen molar-refractivity contribution in [2.45, 2.75) is 26.5 Å². The van der Waals surface area contributed by atoms with E-state index in [-0.39, 0.29) is 41.0 Å². The summed E-state index contributed by atoms with van der Waals surface area (Å²) in [5.41, 5.74) is 2.03. The normalized spacial score (nSPS) is 11.5. The number of sulfonamides is 1. The van der Waals surface area contributed by atoms with Crippen LogP contribution >= 0.6 is 0 Å². The molecule has 0 aliphatic carbocycles. The van der Waals surface area contributed by atoms with E-state index in [0.717, 1.165) is 10.6 Å². The number of carbonyl (C=O) groups is 2. The monoisotopic (exact) mass is 568 g/mol. The highest BCUT2D eigenvalue weighted by Crippen LogP contribution is 2.42. The minimum absolute atomic E-state index is 0.0753. The van der Waals surface area contributed by atoms with Gasteiger partial charge in [-0.15, -0.1) is 0 Å². The fraction of sp³-hybridized carbons (Fsp3) is 0.241. The SMILES string of the molecule is CNC(=O)c1c(-c2ccc(F)cc2)oc2cc(N(Cc3ccc(C(=O)OC)cc3)S(C)(=O)=O)c(OC(C)C)cc12. The number of amides is 1. The van der Waals surface area contributed by atoms with Gasteiger partial charge in [-0.2, -0.15) is 0 Å². The summed E-state index contributed by atoms with van der Waals surface area (Å²) in [6.07, 6.45) is 0.741. The van der Waals surface area contributed by atoms with Gasteiger partial charge in [-0.3, -0.25) is 9.10 Å². The molecule has 1 amide bonds. The molecule has 0 aliphatic heterocycles. The number of nitrogens with zero attached hydrogens (tertiary/aromatic N) is 1. The van der Waals surface area contributed by atoms with Gasteiger partial charge in [-0.05, 0) is 61.9 Å². The summed E-state index contributed by atoms with van der Waals surface area (Å²) < 4.78 is 57.8. The van der Waals surface area contributed by atoms with Gasteiger partial charge in [0.15, 0.2) is 0 Å².